The molecule has 1 fully saturated rings. The van der Waals surface area contributed by atoms with Crippen molar-refractivity contribution in [1.29, 1.82) is 0 Å². The van der Waals surface area contributed by atoms with E-state index in [4.69, 9.17) is 14.6 Å². The van der Waals surface area contributed by atoms with E-state index in [1.54, 1.807) is 4.90 Å². The molecule has 0 radical (unpaired) electrons. The Morgan fingerprint density at radius 3 is 2.19 bits per heavy atom. The Morgan fingerprint density at radius 1 is 1.00 bits per heavy atom. The minimum absolute atomic E-state index is 0.0813. The number of benzene rings is 2. The zero-order valence-electron chi connectivity index (χ0n) is 14.3. The number of para-hydroxylation sites is 1. The number of nitrogens with zero attached hydrogens (tertiary/aromatic N) is 1. The van der Waals surface area contributed by atoms with Crippen molar-refractivity contribution < 1.29 is 24.2 Å². The van der Waals surface area contributed by atoms with Crippen molar-refractivity contribution >= 4 is 11.9 Å². The lowest BCUT2D eigenvalue weighted by molar-refractivity contribution is -0.141. The summed E-state index contributed by atoms with van der Waals surface area (Å²) in [5.41, 5.74) is 0.942. The van der Waals surface area contributed by atoms with Crippen LogP contribution in [0.2, 0.25) is 0 Å². The van der Waals surface area contributed by atoms with Crippen molar-refractivity contribution in [3.05, 3.63) is 60.2 Å². The van der Waals surface area contributed by atoms with Gasteiger partial charge < -0.3 is 19.5 Å². The number of rotatable bonds is 8. The van der Waals surface area contributed by atoms with Crippen LogP contribution >= 0.6 is 0 Å². The summed E-state index contributed by atoms with van der Waals surface area (Å²) in [7, 11) is 0. The van der Waals surface area contributed by atoms with Gasteiger partial charge in [-0.1, -0.05) is 30.3 Å². The molecule has 2 aromatic rings. The van der Waals surface area contributed by atoms with Gasteiger partial charge in [0.25, 0.3) is 0 Å². The van der Waals surface area contributed by atoms with E-state index in [-0.39, 0.29) is 18.9 Å². The van der Waals surface area contributed by atoms with E-state index in [2.05, 4.69) is 0 Å². The summed E-state index contributed by atoms with van der Waals surface area (Å²) in [5.74, 6) is -0.101. The SMILES string of the molecule is O=C(O)C1CC(=O)N(Cc2ccc(OCCOc3ccccc3)cc2)C1. The summed E-state index contributed by atoms with van der Waals surface area (Å²) in [6.45, 7) is 1.56. The number of ether oxygens (including phenoxy) is 2. The van der Waals surface area contributed by atoms with Crippen molar-refractivity contribution in [2.24, 2.45) is 5.92 Å². The van der Waals surface area contributed by atoms with Crippen molar-refractivity contribution in [1.82, 2.24) is 4.90 Å². The van der Waals surface area contributed by atoms with Gasteiger partial charge in [-0.15, -0.1) is 0 Å². The zero-order chi connectivity index (χ0) is 18.4. The predicted molar refractivity (Wildman–Crippen MR) is 95.0 cm³/mol. The van der Waals surface area contributed by atoms with Gasteiger partial charge in [0, 0.05) is 19.5 Å². The summed E-state index contributed by atoms with van der Waals surface area (Å²) in [5, 5.41) is 9.02. The molecule has 1 atom stereocenters. The highest BCUT2D eigenvalue weighted by atomic mass is 16.5. The van der Waals surface area contributed by atoms with E-state index in [9.17, 15) is 9.59 Å². The molecule has 0 saturated carbocycles. The van der Waals surface area contributed by atoms with Crippen LogP contribution in [0, 0.1) is 5.92 Å². The fourth-order valence-electron chi connectivity index (χ4n) is 2.84. The van der Waals surface area contributed by atoms with Crippen LogP contribution in [0.25, 0.3) is 0 Å². The third-order valence-corrected chi connectivity index (χ3v) is 4.22. The Morgan fingerprint density at radius 2 is 1.62 bits per heavy atom. The second kappa shape index (κ2) is 8.38. The van der Waals surface area contributed by atoms with Crippen molar-refractivity contribution in [2.75, 3.05) is 19.8 Å². The molecule has 3 rings (SSSR count). The van der Waals surface area contributed by atoms with Gasteiger partial charge in [0.2, 0.25) is 5.91 Å². The molecule has 0 bridgehead atoms. The first-order valence-corrected chi connectivity index (χ1v) is 8.52. The molecule has 6 heteroatoms. The molecule has 1 aliphatic rings. The van der Waals surface area contributed by atoms with E-state index in [1.807, 2.05) is 54.6 Å². The summed E-state index contributed by atoms with van der Waals surface area (Å²) in [6.07, 6.45) is 0.0813. The second-order valence-corrected chi connectivity index (χ2v) is 6.17. The maximum atomic E-state index is 11.9. The fraction of sp³-hybridized carbons (Fsp3) is 0.300. The van der Waals surface area contributed by atoms with E-state index < -0.39 is 11.9 Å². The minimum atomic E-state index is -0.915. The molecule has 0 spiro atoms. The normalized spacial score (nSPS) is 16.5. The number of carbonyl (C=O) groups is 2. The molecule has 136 valence electrons. The number of carboxylic acids is 1. The van der Waals surface area contributed by atoms with E-state index in [0.29, 0.717) is 19.8 Å². The number of amides is 1. The summed E-state index contributed by atoms with van der Waals surface area (Å²) in [4.78, 5) is 24.5. The minimum Gasteiger partial charge on any atom is -0.490 e. The third-order valence-electron chi connectivity index (χ3n) is 4.22. The van der Waals surface area contributed by atoms with Crippen LogP contribution in [-0.4, -0.2) is 41.6 Å². The highest BCUT2D eigenvalue weighted by molar-refractivity contribution is 5.86. The molecule has 1 unspecified atom stereocenters. The fourth-order valence-corrected chi connectivity index (χ4v) is 2.84. The quantitative estimate of drug-likeness (QED) is 0.737. The van der Waals surface area contributed by atoms with Crippen molar-refractivity contribution in [2.45, 2.75) is 13.0 Å². The van der Waals surface area contributed by atoms with Crippen LogP contribution in [0.1, 0.15) is 12.0 Å². The maximum Gasteiger partial charge on any atom is 0.308 e. The average Bonchev–Trinajstić information content (AvgIpc) is 3.02. The Hall–Kier alpha value is -3.02. The van der Waals surface area contributed by atoms with Crippen molar-refractivity contribution in [3.8, 4) is 11.5 Å². The second-order valence-electron chi connectivity index (χ2n) is 6.17. The number of carbonyl (C=O) groups excluding carboxylic acids is 1. The smallest absolute Gasteiger partial charge is 0.308 e. The zero-order valence-corrected chi connectivity index (χ0v) is 14.3. The molecule has 26 heavy (non-hydrogen) atoms. The highest BCUT2D eigenvalue weighted by Crippen LogP contribution is 2.21. The third kappa shape index (κ3) is 4.75. The Balaban J connectivity index is 1.43. The van der Waals surface area contributed by atoms with Gasteiger partial charge >= 0.3 is 5.97 Å². The molecule has 1 saturated heterocycles. The molecule has 1 aliphatic heterocycles. The Kier molecular flexibility index (Phi) is 5.73. The standard InChI is InChI=1S/C20H21NO5/c22-19-12-16(20(23)24)14-21(19)13-15-6-8-18(9-7-15)26-11-10-25-17-4-2-1-3-5-17/h1-9,16H,10-14H2,(H,23,24). The number of hydrogen-bond acceptors (Lipinski definition) is 4. The largest absolute Gasteiger partial charge is 0.490 e. The van der Waals surface area contributed by atoms with Gasteiger partial charge in [-0.3, -0.25) is 9.59 Å². The van der Waals surface area contributed by atoms with Crippen LogP contribution in [0.4, 0.5) is 0 Å². The number of aliphatic carboxylic acids is 1. The van der Waals surface area contributed by atoms with E-state index in [0.717, 1.165) is 17.1 Å². The van der Waals surface area contributed by atoms with E-state index >= 15 is 0 Å². The maximum absolute atomic E-state index is 11.9. The van der Waals surface area contributed by atoms with Crippen LogP contribution < -0.4 is 9.47 Å². The molecular weight excluding hydrogens is 334 g/mol. The lowest BCUT2D eigenvalue weighted by Crippen LogP contribution is -2.25. The average molecular weight is 355 g/mol. The molecule has 1 heterocycles. The van der Waals surface area contributed by atoms with Gasteiger partial charge in [0.1, 0.15) is 24.7 Å². The first-order chi connectivity index (χ1) is 12.6. The van der Waals surface area contributed by atoms with Gasteiger partial charge in [-0.25, -0.2) is 0 Å². The lowest BCUT2D eigenvalue weighted by atomic mass is 10.1. The molecular formula is C20H21NO5. The molecule has 0 aliphatic carbocycles. The molecule has 0 aromatic heterocycles. The topological polar surface area (TPSA) is 76.1 Å². The Bertz CT molecular complexity index is 745. The van der Waals surface area contributed by atoms with Crippen molar-refractivity contribution in [3.63, 3.8) is 0 Å². The van der Waals surface area contributed by atoms with Crippen LogP contribution in [0.3, 0.4) is 0 Å². The summed E-state index contributed by atoms with van der Waals surface area (Å²) >= 11 is 0. The van der Waals surface area contributed by atoms with Gasteiger partial charge in [-0.2, -0.15) is 0 Å². The number of likely N-dealkylation sites (tertiary alicyclic amines) is 1. The lowest BCUT2D eigenvalue weighted by Gasteiger charge is -2.16. The Labute approximate surface area is 152 Å². The molecule has 6 nitrogen and oxygen atoms in total. The monoisotopic (exact) mass is 355 g/mol. The van der Waals surface area contributed by atoms with Crippen LogP contribution in [0.15, 0.2) is 54.6 Å². The first-order valence-electron chi connectivity index (χ1n) is 8.52. The summed E-state index contributed by atoms with van der Waals surface area (Å²) < 4.78 is 11.2. The number of carboxylic acid groups (broad SMARTS) is 1. The first kappa shape index (κ1) is 17.8. The van der Waals surface area contributed by atoms with Gasteiger partial charge in [-0.05, 0) is 29.8 Å². The van der Waals surface area contributed by atoms with Gasteiger partial charge in [0.05, 0.1) is 5.92 Å². The predicted octanol–water partition coefficient (Wildman–Crippen LogP) is 2.58. The van der Waals surface area contributed by atoms with E-state index in [1.165, 1.54) is 0 Å². The van der Waals surface area contributed by atoms with Crippen LogP contribution in [-0.2, 0) is 16.1 Å². The van der Waals surface area contributed by atoms with Crippen LogP contribution in [0.5, 0.6) is 11.5 Å². The molecule has 1 amide bonds. The molecule has 1 N–H and O–H groups in total. The molecule has 2 aromatic carbocycles. The van der Waals surface area contributed by atoms with Gasteiger partial charge in [0.15, 0.2) is 0 Å². The number of hydrogen-bond donors (Lipinski definition) is 1. The summed E-state index contributed by atoms with van der Waals surface area (Å²) in [6, 6.07) is 17.0. The highest BCUT2D eigenvalue weighted by Gasteiger charge is 2.33.